The van der Waals surface area contributed by atoms with Gasteiger partial charge in [-0.15, -0.1) is 0 Å². The van der Waals surface area contributed by atoms with Crippen molar-refractivity contribution in [3.8, 4) is 11.8 Å². The summed E-state index contributed by atoms with van der Waals surface area (Å²) in [4.78, 5) is 6.73. The van der Waals surface area contributed by atoms with Crippen LogP contribution in [0.2, 0.25) is 0 Å². The van der Waals surface area contributed by atoms with Gasteiger partial charge in [-0.25, -0.2) is 4.39 Å². The summed E-state index contributed by atoms with van der Waals surface area (Å²) in [7, 11) is 3.36. The minimum absolute atomic E-state index is 0.180. The number of hydrogen-bond acceptors (Lipinski definition) is 4. The molecule has 7 heteroatoms. The van der Waals surface area contributed by atoms with Crippen LogP contribution in [-0.2, 0) is 6.54 Å². The highest BCUT2D eigenvalue weighted by Crippen LogP contribution is 2.27. The molecule has 2 N–H and O–H groups in total. The minimum atomic E-state index is -0.344. The van der Waals surface area contributed by atoms with Crippen LogP contribution in [0.4, 0.5) is 4.39 Å². The second-order valence-corrected chi connectivity index (χ2v) is 7.26. The third-order valence-electron chi connectivity index (χ3n) is 5.37. The van der Waals surface area contributed by atoms with Gasteiger partial charge in [0.2, 0.25) is 0 Å². The van der Waals surface area contributed by atoms with Crippen LogP contribution in [0.3, 0.4) is 0 Å². The molecule has 1 saturated heterocycles. The Kier molecular flexibility index (Phi) is 7.63. The van der Waals surface area contributed by atoms with Crippen LogP contribution in [0, 0.1) is 17.1 Å². The molecular weight excluding hydrogens is 381 g/mol. The van der Waals surface area contributed by atoms with E-state index in [-0.39, 0.29) is 18.4 Å². The number of hydrogen-bond donors (Lipinski definition) is 2. The smallest absolute Gasteiger partial charge is 0.191 e. The van der Waals surface area contributed by atoms with Gasteiger partial charge in [-0.1, -0.05) is 12.1 Å². The average Bonchev–Trinajstić information content (AvgIpc) is 3.31. The molecule has 0 bridgehead atoms. The molecule has 158 valence electrons. The van der Waals surface area contributed by atoms with E-state index < -0.39 is 0 Å². The Hall–Kier alpha value is -3.11. The molecule has 0 radical (unpaired) electrons. The van der Waals surface area contributed by atoms with Gasteiger partial charge in [-0.3, -0.25) is 9.89 Å². The highest BCUT2D eigenvalue weighted by molar-refractivity contribution is 5.79. The topological polar surface area (TPSA) is 72.7 Å². The van der Waals surface area contributed by atoms with Gasteiger partial charge in [0.1, 0.15) is 11.6 Å². The minimum Gasteiger partial charge on any atom is -0.497 e. The maximum Gasteiger partial charge on any atom is 0.191 e. The Morgan fingerprint density at radius 3 is 2.73 bits per heavy atom. The van der Waals surface area contributed by atoms with E-state index in [9.17, 15) is 4.39 Å². The molecule has 0 saturated carbocycles. The van der Waals surface area contributed by atoms with Gasteiger partial charge in [0.05, 0.1) is 24.8 Å². The Balaban J connectivity index is 1.67. The quantitative estimate of drug-likeness (QED) is 0.543. The van der Waals surface area contributed by atoms with Gasteiger partial charge in [0, 0.05) is 25.7 Å². The lowest BCUT2D eigenvalue weighted by Crippen LogP contribution is -2.42. The van der Waals surface area contributed by atoms with Crippen molar-refractivity contribution in [2.45, 2.75) is 25.4 Å². The lowest BCUT2D eigenvalue weighted by Gasteiger charge is -2.29. The number of methoxy groups -OCH3 is 1. The van der Waals surface area contributed by atoms with E-state index in [1.165, 1.54) is 30.5 Å². The number of halogens is 1. The molecule has 1 heterocycles. The lowest BCUT2D eigenvalue weighted by molar-refractivity contribution is 0.245. The number of likely N-dealkylation sites (tertiary alicyclic amines) is 1. The van der Waals surface area contributed by atoms with Crippen molar-refractivity contribution >= 4 is 5.96 Å². The molecule has 1 atom stereocenters. The van der Waals surface area contributed by atoms with Crippen molar-refractivity contribution in [3.63, 3.8) is 0 Å². The summed E-state index contributed by atoms with van der Waals surface area (Å²) in [6.45, 7) is 3.02. The summed E-state index contributed by atoms with van der Waals surface area (Å²) in [5.41, 5.74) is 2.05. The molecule has 0 spiro atoms. The number of nitrogens with one attached hydrogen (secondary N) is 2. The molecule has 2 aromatic carbocycles. The van der Waals surface area contributed by atoms with Crippen molar-refractivity contribution in [3.05, 3.63) is 65.0 Å². The summed E-state index contributed by atoms with van der Waals surface area (Å²) in [5.74, 6) is 1.08. The Morgan fingerprint density at radius 2 is 2.03 bits per heavy atom. The number of aliphatic imine (C=N–C) groups is 1. The first-order chi connectivity index (χ1) is 14.6. The SMILES string of the molecule is CN=C(NCc1cc(C#N)ccc1F)NCC(c1cccc(OC)c1)N1CCCC1. The van der Waals surface area contributed by atoms with E-state index >= 15 is 0 Å². The van der Waals surface area contributed by atoms with Crippen LogP contribution < -0.4 is 15.4 Å². The molecule has 2 aromatic rings. The van der Waals surface area contributed by atoms with E-state index in [2.05, 4.69) is 32.7 Å². The standard InChI is InChI=1S/C23H28FN5O/c1-26-23(27-15-19-12-17(14-25)8-9-21(19)24)28-16-22(29-10-3-4-11-29)18-6-5-7-20(13-18)30-2/h5-9,12-13,22H,3-4,10-11,15-16H2,1-2H3,(H2,26,27,28). The van der Waals surface area contributed by atoms with Crippen LogP contribution in [0.25, 0.3) is 0 Å². The number of rotatable bonds is 7. The van der Waals surface area contributed by atoms with Crippen molar-refractivity contribution < 1.29 is 9.13 Å². The third kappa shape index (κ3) is 5.49. The van der Waals surface area contributed by atoms with Gasteiger partial charge < -0.3 is 15.4 Å². The first kappa shape index (κ1) is 21.6. The zero-order valence-electron chi connectivity index (χ0n) is 17.5. The normalized spacial score (nSPS) is 15.5. The number of nitriles is 1. The largest absolute Gasteiger partial charge is 0.497 e. The van der Waals surface area contributed by atoms with E-state index in [1.54, 1.807) is 20.2 Å². The number of guanidine groups is 1. The predicted octanol–water partition coefficient (Wildman–Crippen LogP) is 3.21. The zero-order chi connectivity index (χ0) is 21.3. The number of nitrogens with zero attached hydrogens (tertiary/aromatic N) is 3. The van der Waals surface area contributed by atoms with Gasteiger partial charge >= 0.3 is 0 Å². The van der Waals surface area contributed by atoms with Crippen molar-refractivity contribution in [1.82, 2.24) is 15.5 Å². The van der Waals surface area contributed by atoms with E-state index in [0.29, 0.717) is 23.6 Å². The lowest BCUT2D eigenvalue weighted by atomic mass is 10.1. The highest BCUT2D eigenvalue weighted by atomic mass is 19.1. The molecule has 1 unspecified atom stereocenters. The van der Waals surface area contributed by atoms with Gasteiger partial charge in [0.15, 0.2) is 5.96 Å². The monoisotopic (exact) mass is 409 g/mol. The summed E-state index contributed by atoms with van der Waals surface area (Å²) >= 11 is 0. The second-order valence-electron chi connectivity index (χ2n) is 7.26. The maximum atomic E-state index is 14.0. The van der Waals surface area contributed by atoms with Crippen molar-refractivity contribution in [2.75, 3.05) is 33.8 Å². The van der Waals surface area contributed by atoms with Crippen LogP contribution in [0.5, 0.6) is 5.75 Å². The Labute approximate surface area is 177 Å². The molecule has 0 amide bonds. The summed E-state index contributed by atoms with van der Waals surface area (Å²) in [6, 6.07) is 14.7. The molecule has 6 nitrogen and oxygen atoms in total. The average molecular weight is 410 g/mol. The molecule has 3 rings (SSSR count). The Bertz CT molecular complexity index is 918. The third-order valence-corrected chi connectivity index (χ3v) is 5.37. The summed E-state index contributed by atoms with van der Waals surface area (Å²) < 4.78 is 19.4. The molecule has 1 aliphatic heterocycles. The zero-order valence-corrected chi connectivity index (χ0v) is 17.5. The first-order valence-electron chi connectivity index (χ1n) is 10.2. The predicted molar refractivity (Wildman–Crippen MR) is 116 cm³/mol. The molecule has 1 fully saturated rings. The van der Waals surface area contributed by atoms with Crippen molar-refractivity contribution in [2.24, 2.45) is 4.99 Å². The van der Waals surface area contributed by atoms with E-state index in [0.717, 1.165) is 18.8 Å². The van der Waals surface area contributed by atoms with Gasteiger partial charge in [0.25, 0.3) is 0 Å². The molecular formula is C23H28FN5O. The van der Waals surface area contributed by atoms with Crippen molar-refractivity contribution in [1.29, 1.82) is 5.26 Å². The number of ether oxygens (including phenoxy) is 1. The maximum absolute atomic E-state index is 14.0. The molecule has 0 aromatic heterocycles. The highest BCUT2D eigenvalue weighted by Gasteiger charge is 2.24. The van der Waals surface area contributed by atoms with Crippen LogP contribution in [-0.4, -0.2) is 44.7 Å². The second kappa shape index (κ2) is 10.6. The molecule has 1 aliphatic rings. The Morgan fingerprint density at radius 1 is 1.23 bits per heavy atom. The van der Waals surface area contributed by atoms with Crippen LogP contribution >= 0.6 is 0 Å². The summed E-state index contributed by atoms with van der Waals surface area (Å²) in [5, 5.41) is 15.5. The first-order valence-corrected chi connectivity index (χ1v) is 10.2. The molecule has 30 heavy (non-hydrogen) atoms. The van der Waals surface area contributed by atoms with E-state index in [1.807, 2.05) is 18.2 Å². The van der Waals surface area contributed by atoms with E-state index in [4.69, 9.17) is 10.00 Å². The fraction of sp³-hybridized carbons (Fsp3) is 0.391. The summed E-state index contributed by atoms with van der Waals surface area (Å²) in [6.07, 6.45) is 2.39. The van der Waals surface area contributed by atoms with Gasteiger partial charge in [-0.2, -0.15) is 5.26 Å². The van der Waals surface area contributed by atoms with Crippen LogP contribution in [0.15, 0.2) is 47.5 Å². The molecule has 0 aliphatic carbocycles. The van der Waals surface area contributed by atoms with Crippen LogP contribution in [0.1, 0.15) is 35.6 Å². The fourth-order valence-corrected chi connectivity index (χ4v) is 3.73. The fourth-order valence-electron chi connectivity index (χ4n) is 3.73. The van der Waals surface area contributed by atoms with Gasteiger partial charge in [-0.05, 0) is 61.8 Å². The number of benzene rings is 2.